The van der Waals surface area contributed by atoms with Crippen molar-refractivity contribution in [1.29, 1.82) is 0 Å². The van der Waals surface area contributed by atoms with Crippen molar-refractivity contribution in [2.75, 3.05) is 0 Å². The van der Waals surface area contributed by atoms with E-state index in [1.807, 2.05) is 13.0 Å². The zero-order valence-corrected chi connectivity index (χ0v) is 16.3. The molecule has 1 rings (SSSR count). The van der Waals surface area contributed by atoms with Gasteiger partial charge in [-0.2, -0.15) is 0 Å². The second-order valence-corrected chi connectivity index (χ2v) is 7.47. The van der Waals surface area contributed by atoms with Gasteiger partial charge in [0.05, 0.1) is 0 Å². The van der Waals surface area contributed by atoms with Gasteiger partial charge in [-0.05, 0) is 37.0 Å². The van der Waals surface area contributed by atoms with E-state index in [-0.39, 0.29) is 0 Å². The summed E-state index contributed by atoms with van der Waals surface area (Å²) < 4.78 is 0. The minimum atomic E-state index is 0.416. The molecule has 0 fully saturated rings. The van der Waals surface area contributed by atoms with Crippen molar-refractivity contribution in [3.8, 4) is 5.75 Å². The Labute approximate surface area is 150 Å². The molecule has 138 valence electrons. The van der Waals surface area contributed by atoms with Crippen LogP contribution < -0.4 is 0 Å². The van der Waals surface area contributed by atoms with Crippen LogP contribution in [-0.4, -0.2) is 5.11 Å². The summed E-state index contributed by atoms with van der Waals surface area (Å²) in [6.07, 6.45) is 20.9. The fourth-order valence-corrected chi connectivity index (χ4v) is 3.40. The minimum absolute atomic E-state index is 0.416. The van der Waals surface area contributed by atoms with E-state index in [2.05, 4.69) is 19.1 Å². The Balaban J connectivity index is 1.83. The SMILES string of the molecule is CCCCCCCCCCCCCCCCc1ccc(O)c(C)c1. The molecule has 0 bridgehead atoms. The van der Waals surface area contributed by atoms with Crippen LogP contribution in [0.3, 0.4) is 0 Å². The van der Waals surface area contributed by atoms with Gasteiger partial charge >= 0.3 is 0 Å². The zero-order chi connectivity index (χ0) is 17.5. The lowest BCUT2D eigenvalue weighted by atomic mass is 10.0. The molecule has 0 saturated carbocycles. The van der Waals surface area contributed by atoms with Crippen LogP contribution in [0, 0.1) is 6.92 Å². The van der Waals surface area contributed by atoms with E-state index in [1.54, 1.807) is 0 Å². The summed E-state index contributed by atoms with van der Waals surface area (Å²) in [5.74, 6) is 0.416. The molecule has 0 aliphatic rings. The van der Waals surface area contributed by atoms with Crippen LogP contribution in [0.5, 0.6) is 5.75 Å². The molecule has 0 aliphatic heterocycles. The summed E-state index contributed by atoms with van der Waals surface area (Å²) in [6.45, 7) is 4.26. The van der Waals surface area contributed by atoms with Crippen LogP contribution in [0.4, 0.5) is 0 Å². The average molecular weight is 333 g/mol. The van der Waals surface area contributed by atoms with E-state index in [4.69, 9.17) is 0 Å². The van der Waals surface area contributed by atoms with Gasteiger partial charge in [0, 0.05) is 0 Å². The van der Waals surface area contributed by atoms with Crippen molar-refractivity contribution in [2.24, 2.45) is 0 Å². The Morgan fingerprint density at radius 1 is 0.667 bits per heavy atom. The lowest BCUT2D eigenvalue weighted by Crippen LogP contribution is -1.88. The maximum atomic E-state index is 9.54. The lowest BCUT2D eigenvalue weighted by molar-refractivity contribution is 0.470. The topological polar surface area (TPSA) is 20.2 Å². The van der Waals surface area contributed by atoms with Gasteiger partial charge in [0.15, 0.2) is 0 Å². The third-order valence-electron chi connectivity index (χ3n) is 5.08. The van der Waals surface area contributed by atoms with E-state index in [1.165, 1.54) is 95.5 Å². The number of phenols is 1. The van der Waals surface area contributed by atoms with Gasteiger partial charge in [0.2, 0.25) is 0 Å². The lowest BCUT2D eigenvalue weighted by Gasteiger charge is -2.05. The number of rotatable bonds is 15. The Bertz CT molecular complexity index is 410. The van der Waals surface area contributed by atoms with E-state index in [0.29, 0.717) is 5.75 Å². The molecular formula is C23H40O. The number of phenolic OH excluding ortho intramolecular Hbond substituents is 1. The zero-order valence-electron chi connectivity index (χ0n) is 16.3. The highest BCUT2D eigenvalue weighted by atomic mass is 16.3. The summed E-state index contributed by atoms with van der Waals surface area (Å²) in [7, 11) is 0. The van der Waals surface area contributed by atoms with Crippen LogP contribution in [-0.2, 0) is 6.42 Å². The van der Waals surface area contributed by atoms with Gasteiger partial charge in [-0.3, -0.25) is 0 Å². The predicted molar refractivity (Wildman–Crippen MR) is 107 cm³/mol. The molecule has 0 aromatic heterocycles. The minimum Gasteiger partial charge on any atom is -0.508 e. The maximum Gasteiger partial charge on any atom is 0.118 e. The summed E-state index contributed by atoms with van der Waals surface area (Å²) >= 11 is 0. The van der Waals surface area contributed by atoms with Crippen molar-refractivity contribution in [2.45, 2.75) is 110 Å². The Morgan fingerprint density at radius 3 is 1.58 bits per heavy atom. The quantitative estimate of drug-likeness (QED) is 0.326. The number of aryl methyl sites for hydroxylation is 2. The van der Waals surface area contributed by atoms with Crippen LogP contribution in [0.25, 0.3) is 0 Å². The molecular weight excluding hydrogens is 292 g/mol. The molecule has 1 aromatic carbocycles. The van der Waals surface area contributed by atoms with Crippen LogP contribution >= 0.6 is 0 Å². The first-order chi connectivity index (χ1) is 11.7. The summed E-state index contributed by atoms with van der Waals surface area (Å²) in [6, 6.07) is 6.01. The van der Waals surface area contributed by atoms with Crippen LogP contribution in [0.1, 0.15) is 108 Å². The normalized spacial score (nSPS) is 11.1. The number of aromatic hydroxyl groups is 1. The maximum absolute atomic E-state index is 9.54. The Morgan fingerprint density at radius 2 is 1.12 bits per heavy atom. The Hall–Kier alpha value is -0.980. The number of unbranched alkanes of at least 4 members (excludes halogenated alkanes) is 13. The van der Waals surface area contributed by atoms with E-state index >= 15 is 0 Å². The van der Waals surface area contributed by atoms with Gasteiger partial charge in [-0.1, -0.05) is 103 Å². The van der Waals surface area contributed by atoms with Crippen molar-refractivity contribution < 1.29 is 5.11 Å². The second kappa shape index (κ2) is 14.4. The molecule has 1 N–H and O–H groups in total. The molecule has 0 amide bonds. The first kappa shape index (κ1) is 21.1. The molecule has 0 atom stereocenters. The fraction of sp³-hybridized carbons (Fsp3) is 0.739. The second-order valence-electron chi connectivity index (χ2n) is 7.47. The highest BCUT2D eigenvalue weighted by Gasteiger charge is 1.99. The summed E-state index contributed by atoms with van der Waals surface area (Å²) in [5.41, 5.74) is 2.36. The Kier molecular flexibility index (Phi) is 12.6. The summed E-state index contributed by atoms with van der Waals surface area (Å²) in [5, 5.41) is 9.54. The summed E-state index contributed by atoms with van der Waals surface area (Å²) in [4.78, 5) is 0. The molecule has 1 aromatic rings. The van der Waals surface area contributed by atoms with Crippen molar-refractivity contribution in [1.82, 2.24) is 0 Å². The van der Waals surface area contributed by atoms with Crippen molar-refractivity contribution in [3.63, 3.8) is 0 Å². The molecule has 0 aliphatic carbocycles. The van der Waals surface area contributed by atoms with Crippen molar-refractivity contribution in [3.05, 3.63) is 29.3 Å². The molecule has 1 nitrogen and oxygen atoms in total. The number of hydrogen-bond donors (Lipinski definition) is 1. The standard InChI is InChI=1S/C23H40O/c1-3-4-5-6-7-8-9-10-11-12-13-14-15-16-17-22-18-19-23(24)21(2)20-22/h18-20,24H,3-17H2,1-2H3. The number of hydrogen-bond acceptors (Lipinski definition) is 1. The van der Waals surface area contributed by atoms with Gasteiger partial charge in [0.25, 0.3) is 0 Å². The third-order valence-corrected chi connectivity index (χ3v) is 5.08. The molecule has 0 heterocycles. The molecule has 0 unspecified atom stereocenters. The van der Waals surface area contributed by atoms with E-state index in [0.717, 1.165) is 12.0 Å². The molecule has 24 heavy (non-hydrogen) atoms. The van der Waals surface area contributed by atoms with E-state index < -0.39 is 0 Å². The van der Waals surface area contributed by atoms with E-state index in [9.17, 15) is 5.11 Å². The number of benzene rings is 1. The van der Waals surface area contributed by atoms with Gasteiger partial charge in [-0.15, -0.1) is 0 Å². The third kappa shape index (κ3) is 10.7. The highest BCUT2D eigenvalue weighted by molar-refractivity contribution is 5.34. The van der Waals surface area contributed by atoms with Gasteiger partial charge in [0.1, 0.15) is 5.75 Å². The van der Waals surface area contributed by atoms with Gasteiger partial charge in [-0.25, -0.2) is 0 Å². The molecule has 0 spiro atoms. The fourth-order valence-electron chi connectivity index (χ4n) is 3.40. The first-order valence-electron chi connectivity index (χ1n) is 10.5. The largest absolute Gasteiger partial charge is 0.508 e. The molecule has 1 heteroatoms. The predicted octanol–water partition coefficient (Wildman–Crippen LogP) is 7.72. The molecule has 0 radical (unpaired) electrons. The molecule has 0 saturated heterocycles. The highest BCUT2D eigenvalue weighted by Crippen LogP contribution is 2.19. The van der Waals surface area contributed by atoms with Crippen molar-refractivity contribution >= 4 is 0 Å². The van der Waals surface area contributed by atoms with Gasteiger partial charge < -0.3 is 5.11 Å². The first-order valence-corrected chi connectivity index (χ1v) is 10.5. The van der Waals surface area contributed by atoms with Crippen LogP contribution in [0.15, 0.2) is 18.2 Å². The smallest absolute Gasteiger partial charge is 0.118 e. The average Bonchev–Trinajstić information content (AvgIpc) is 2.58. The monoisotopic (exact) mass is 332 g/mol. The van der Waals surface area contributed by atoms with Crippen LogP contribution in [0.2, 0.25) is 0 Å².